The van der Waals surface area contributed by atoms with Gasteiger partial charge in [-0.1, -0.05) is 0 Å². The minimum atomic E-state index is -0.0850. The van der Waals surface area contributed by atoms with E-state index in [0.717, 1.165) is 20.9 Å². The van der Waals surface area contributed by atoms with Crippen molar-refractivity contribution < 1.29 is 14.3 Å². The molecule has 0 aliphatic carbocycles. The zero-order chi connectivity index (χ0) is 20.6. The Kier molecular flexibility index (Phi) is 7.94. The molecule has 0 spiro atoms. The van der Waals surface area contributed by atoms with Crippen molar-refractivity contribution in [3.63, 3.8) is 0 Å². The third kappa shape index (κ3) is 6.47. The molecule has 0 bridgehead atoms. The number of rotatable bonds is 7. The fourth-order valence-electron chi connectivity index (χ4n) is 3.16. The number of ether oxygens (including phenoxy) is 1. The predicted octanol–water partition coefficient (Wildman–Crippen LogP) is 4.21. The van der Waals surface area contributed by atoms with Crippen LogP contribution in [0, 0.1) is 5.92 Å². The number of methoxy groups -OCH3 is 1. The van der Waals surface area contributed by atoms with Crippen molar-refractivity contribution in [2.24, 2.45) is 5.92 Å². The Labute approximate surface area is 183 Å². The molecule has 29 heavy (non-hydrogen) atoms. The first-order valence-electron chi connectivity index (χ1n) is 9.52. The lowest BCUT2D eigenvalue weighted by Crippen LogP contribution is -2.41. The molecule has 1 fully saturated rings. The van der Waals surface area contributed by atoms with Crippen LogP contribution in [0.1, 0.15) is 19.3 Å². The molecule has 0 unspecified atom stereocenters. The molecule has 1 saturated heterocycles. The summed E-state index contributed by atoms with van der Waals surface area (Å²) >= 11 is 4.99. The molecule has 2 heterocycles. The molecule has 6 nitrogen and oxygen atoms in total. The first kappa shape index (κ1) is 21.6. The second kappa shape index (κ2) is 10.6. The number of hydrogen-bond donors (Lipinski definition) is 1. The monoisotopic (exact) mass is 477 g/mol. The van der Waals surface area contributed by atoms with Crippen LogP contribution in [0.4, 0.5) is 5.82 Å². The number of carbonyl (C=O) groups excluding carboxylic acids is 2. The number of thioether (sulfide) groups is 1. The van der Waals surface area contributed by atoms with Crippen molar-refractivity contribution in [1.29, 1.82) is 0 Å². The lowest BCUT2D eigenvalue weighted by molar-refractivity contribution is -0.134. The summed E-state index contributed by atoms with van der Waals surface area (Å²) in [7, 11) is 1.64. The summed E-state index contributed by atoms with van der Waals surface area (Å²) in [6, 6.07) is 11.4. The second-order valence-corrected chi connectivity index (χ2v) is 8.86. The maximum absolute atomic E-state index is 12.5. The number of halogens is 1. The summed E-state index contributed by atoms with van der Waals surface area (Å²) in [5.74, 6) is 2.15. The van der Waals surface area contributed by atoms with Crippen molar-refractivity contribution in [3.8, 4) is 5.75 Å². The number of pyridine rings is 1. The van der Waals surface area contributed by atoms with Gasteiger partial charge in [0.1, 0.15) is 11.6 Å². The molecule has 1 aliphatic rings. The molecule has 154 valence electrons. The number of nitrogens with zero attached hydrogens (tertiary/aromatic N) is 2. The molecule has 1 aromatic heterocycles. The van der Waals surface area contributed by atoms with E-state index >= 15 is 0 Å². The van der Waals surface area contributed by atoms with Gasteiger partial charge in [-0.15, -0.1) is 11.8 Å². The Balaban J connectivity index is 1.38. The maximum atomic E-state index is 12.5. The Morgan fingerprint density at radius 3 is 2.55 bits per heavy atom. The minimum Gasteiger partial charge on any atom is -0.497 e. The molecule has 1 N–H and O–H groups in total. The minimum absolute atomic E-state index is 0.0259. The topological polar surface area (TPSA) is 71.5 Å². The van der Waals surface area contributed by atoms with Crippen LogP contribution >= 0.6 is 27.7 Å². The van der Waals surface area contributed by atoms with Gasteiger partial charge in [-0.3, -0.25) is 9.59 Å². The summed E-state index contributed by atoms with van der Waals surface area (Å²) in [5.41, 5.74) is 0. The second-order valence-electron chi connectivity index (χ2n) is 6.78. The standard InChI is InChI=1S/C21H24BrN3O3S/c1-28-17-3-5-18(6-4-17)29-13-10-20(26)25-11-8-15(9-12-25)21(27)24-19-7-2-16(22)14-23-19/h2-7,14-15H,8-13H2,1H3,(H,23,24,27). The molecule has 2 amide bonds. The highest BCUT2D eigenvalue weighted by Crippen LogP contribution is 2.24. The average molecular weight is 478 g/mol. The molecule has 1 aromatic carbocycles. The Morgan fingerprint density at radius 2 is 1.93 bits per heavy atom. The van der Waals surface area contributed by atoms with Crippen LogP contribution in [-0.2, 0) is 9.59 Å². The summed E-state index contributed by atoms with van der Waals surface area (Å²) in [4.78, 5) is 32.1. The molecule has 8 heteroatoms. The van der Waals surface area contributed by atoms with Gasteiger partial charge in [0, 0.05) is 46.7 Å². The Hall–Kier alpha value is -2.06. The predicted molar refractivity (Wildman–Crippen MR) is 118 cm³/mol. The molecule has 0 radical (unpaired) electrons. The maximum Gasteiger partial charge on any atom is 0.228 e. The van der Waals surface area contributed by atoms with E-state index in [1.807, 2.05) is 35.2 Å². The average Bonchev–Trinajstić information content (AvgIpc) is 2.76. The van der Waals surface area contributed by atoms with Crippen LogP contribution in [0.2, 0.25) is 0 Å². The molecule has 2 aromatic rings. The molecular formula is C21H24BrN3O3S. The zero-order valence-corrected chi connectivity index (χ0v) is 18.7. The third-order valence-electron chi connectivity index (χ3n) is 4.84. The lowest BCUT2D eigenvalue weighted by atomic mass is 9.95. The number of piperidine rings is 1. The first-order valence-corrected chi connectivity index (χ1v) is 11.3. The van der Waals surface area contributed by atoms with E-state index in [1.165, 1.54) is 0 Å². The van der Waals surface area contributed by atoms with E-state index in [0.29, 0.717) is 38.2 Å². The number of benzene rings is 1. The van der Waals surface area contributed by atoms with E-state index in [9.17, 15) is 9.59 Å². The zero-order valence-electron chi connectivity index (χ0n) is 16.3. The molecule has 3 rings (SSSR count). The van der Waals surface area contributed by atoms with Gasteiger partial charge < -0.3 is 15.0 Å². The summed E-state index contributed by atoms with van der Waals surface area (Å²) in [5, 5.41) is 2.86. The smallest absolute Gasteiger partial charge is 0.228 e. The molecule has 1 aliphatic heterocycles. The van der Waals surface area contributed by atoms with Crippen molar-refractivity contribution >= 4 is 45.3 Å². The largest absolute Gasteiger partial charge is 0.497 e. The van der Waals surface area contributed by atoms with E-state index in [-0.39, 0.29) is 17.7 Å². The van der Waals surface area contributed by atoms with E-state index in [4.69, 9.17) is 4.74 Å². The number of aromatic nitrogens is 1. The van der Waals surface area contributed by atoms with Crippen LogP contribution < -0.4 is 10.1 Å². The molecule has 0 atom stereocenters. The van der Waals surface area contributed by atoms with Crippen LogP contribution in [0.3, 0.4) is 0 Å². The van der Waals surface area contributed by atoms with Gasteiger partial charge in [-0.05, 0) is 65.2 Å². The van der Waals surface area contributed by atoms with Crippen LogP contribution in [0.25, 0.3) is 0 Å². The SMILES string of the molecule is COc1ccc(SCCC(=O)N2CCC(C(=O)Nc3ccc(Br)cn3)CC2)cc1. The van der Waals surface area contributed by atoms with E-state index in [2.05, 4.69) is 26.2 Å². The van der Waals surface area contributed by atoms with Crippen molar-refractivity contribution in [1.82, 2.24) is 9.88 Å². The quantitative estimate of drug-likeness (QED) is 0.604. The van der Waals surface area contributed by atoms with Crippen LogP contribution in [0.5, 0.6) is 5.75 Å². The lowest BCUT2D eigenvalue weighted by Gasteiger charge is -2.31. The van der Waals surface area contributed by atoms with Gasteiger partial charge in [0.2, 0.25) is 11.8 Å². The highest BCUT2D eigenvalue weighted by molar-refractivity contribution is 9.10. The number of amides is 2. The summed E-state index contributed by atoms with van der Waals surface area (Å²) in [6.45, 7) is 1.25. The van der Waals surface area contributed by atoms with Gasteiger partial charge in [0.05, 0.1) is 7.11 Å². The van der Waals surface area contributed by atoms with Crippen LogP contribution in [0.15, 0.2) is 52.0 Å². The Morgan fingerprint density at radius 1 is 1.21 bits per heavy atom. The normalized spacial score (nSPS) is 14.5. The van der Waals surface area contributed by atoms with Crippen LogP contribution in [-0.4, -0.2) is 47.7 Å². The van der Waals surface area contributed by atoms with Crippen molar-refractivity contribution in [2.45, 2.75) is 24.2 Å². The molecule has 0 saturated carbocycles. The number of likely N-dealkylation sites (tertiary alicyclic amines) is 1. The number of carbonyl (C=O) groups is 2. The fraction of sp³-hybridized carbons (Fsp3) is 0.381. The van der Waals surface area contributed by atoms with E-state index < -0.39 is 0 Å². The number of anilines is 1. The van der Waals surface area contributed by atoms with Gasteiger partial charge in [-0.2, -0.15) is 0 Å². The molecular weight excluding hydrogens is 454 g/mol. The Bertz CT molecular complexity index is 822. The van der Waals surface area contributed by atoms with Crippen molar-refractivity contribution in [3.05, 3.63) is 47.1 Å². The summed E-state index contributed by atoms with van der Waals surface area (Å²) < 4.78 is 6.02. The van der Waals surface area contributed by atoms with Crippen molar-refractivity contribution in [2.75, 3.05) is 31.3 Å². The van der Waals surface area contributed by atoms with Gasteiger partial charge >= 0.3 is 0 Å². The highest BCUT2D eigenvalue weighted by Gasteiger charge is 2.27. The first-order chi connectivity index (χ1) is 14.0. The van der Waals surface area contributed by atoms with Gasteiger partial charge in [0.15, 0.2) is 0 Å². The number of hydrogen-bond acceptors (Lipinski definition) is 5. The summed E-state index contributed by atoms with van der Waals surface area (Å²) in [6.07, 6.45) is 3.51. The van der Waals surface area contributed by atoms with Gasteiger partial charge in [-0.25, -0.2) is 4.98 Å². The number of nitrogens with one attached hydrogen (secondary N) is 1. The van der Waals surface area contributed by atoms with Gasteiger partial charge in [0.25, 0.3) is 0 Å². The highest BCUT2D eigenvalue weighted by atomic mass is 79.9. The fourth-order valence-corrected chi connectivity index (χ4v) is 4.23. The van der Waals surface area contributed by atoms with E-state index in [1.54, 1.807) is 31.1 Å². The third-order valence-corrected chi connectivity index (χ3v) is 6.32.